The molecule has 0 aliphatic heterocycles. The van der Waals surface area contributed by atoms with E-state index in [-0.39, 0.29) is 23.5 Å². The minimum Gasteiger partial charge on any atom is -0.392 e. The fraction of sp³-hybridized carbons (Fsp3) is 0.429. The van der Waals surface area contributed by atoms with Crippen molar-refractivity contribution >= 4 is 28.9 Å². The van der Waals surface area contributed by atoms with E-state index in [4.69, 9.17) is 12.2 Å². The van der Waals surface area contributed by atoms with Crippen LogP contribution in [0.25, 0.3) is 0 Å². The molecule has 0 saturated heterocycles. The number of carbonyl (C=O) groups is 1. The van der Waals surface area contributed by atoms with Gasteiger partial charge in [0.05, 0.1) is 6.61 Å². The lowest BCUT2D eigenvalue weighted by atomic mass is 10.1. The quantitative estimate of drug-likeness (QED) is 0.742. The van der Waals surface area contributed by atoms with Gasteiger partial charge in [-0.2, -0.15) is 0 Å². The van der Waals surface area contributed by atoms with Crippen LogP contribution in [0.3, 0.4) is 0 Å². The Kier molecular flexibility index (Phi) is 4.87. The lowest BCUT2D eigenvalue weighted by Crippen LogP contribution is -2.37. The number of nitrogens with one attached hydrogen (secondary N) is 2. The van der Waals surface area contributed by atoms with Crippen LogP contribution in [-0.4, -0.2) is 16.1 Å². The second kappa shape index (κ2) is 6.63. The van der Waals surface area contributed by atoms with Gasteiger partial charge in [0.25, 0.3) is 0 Å². The van der Waals surface area contributed by atoms with Gasteiger partial charge in [0.15, 0.2) is 5.11 Å². The molecule has 1 fully saturated rings. The zero-order valence-electron chi connectivity index (χ0n) is 10.7. The smallest absolute Gasteiger partial charge is 0.229 e. The van der Waals surface area contributed by atoms with Crippen molar-refractivity contribution in [3.63, 3.8) is 0 Å². The molecule has 1 amide bonds. The van der Waals surface area contributed by atoms with Crippen LogP contribution < -0.4 is 10.6 Å². The molecule has 0 atom stereocenters. The van der Waals surface area contributed by atoms with E-state index >= 15 is 0 Å². The van der Waals surface area contributed by atoms with Crippen molar-refractivity contribution < 1.29 is 9.90 Å². The van der Waals surface area contributed by atoms with Gasteiger partial charge in [0, 0.05) is 17.2 Å². The zero-order valence-corrected chi connectivity index (χ0v) is 11.5. The van der Waals surface area contributed by atoms with Crippen LogP contribution in [0.2, 0.25) is 0 Å². The van der Waals surface area contributed by atoms with Gasteiger partial charge < -0.3 is 15.7 Å². The summed E-state index contributed by atoms with van der Waals surface area (Å²) in [4.78, 5) is 11.9. The fourth-order valence-corrected chi connectivity index (χ4v) is 2.55. The van der Waals surface area contributed by atoms with E-state index < -0.39 is 0 Å². The summed E-state index contributed by atoms with van der Waals surface area (Å²) in [7, 11) is 0. The van der Waals surface area contributed by atoms with Crippen molar-refractivity contribution in [3.05, 3.63) is 29.8 Å². The predicted octanol–water partition coefficient (Wildman–Crippen LogP) is 2.18. The van der Waals surface area contributed by atoms with Gasteiger partial charge in [-0.1, -0.05) is 31.0 Å². The summed E-state index contributed by atoms with van der Waals surface area (Å²) < 4.78 is 0. The first kappa shape index (κ1) is 14.0. The molecule has 1 saturated carbocycles. The summed E-state index contributed by atoms with van der Waals surface area (Å²) in [5.74, 6) is 0.0873. The van der Waals surface area contributed by atoms with E-state index in [0.717, 1.165) is 36.9 Å². The molecule has 0 spiro atoms. The number of thiocarbonyl (C=S) groups is 1. The van der Waals surface area contributed by atoms with Gasteiger partial charge in [-0.3, -0.25) is 4.79 Å². The Hall–Kier alpha value is -1.46. The molecule has 1 aromatic rings. The summed E-state index contributed by atoms with van der Waals surface area (Å²) in [5.41, 5.74) is 1.47. The third-order valence-electron chi connectivity index (χ3n) is 3.40. The van der Waals surface area contributed by atoms with Gasteiger partial charge in [0.1, 0.15) is 0 Å². The summed E-state index contributed by atoms with van der Waals surface area (Å²) in [6.07, 6.45) is 4.13. The molecular weight excluding hydrogens is 260 g/mol. The van der Waals surface area contributed by atoms with Crippen molar-refractivity contribution in [1.82, 2.24) is 5.32 Å². The molecule has 102 valence electrons. The largest absolute Gasteiger partial charge is 0.392 e. The molecule has 0 bridgehead atoms. The number of aliphatic hydroxyl groups excluding tert-OH is 1. The van der Waals surface area contributed by atoms with Crippen LogP contribution in [0.5, 0.6) is 0 Å². The SMILES string of the molecule is O=C(NC(=S)Nc1ccccc1CO)C1CCCC1. The number of hydrogen-bond donors (Lipinski definition) is 3. The van der Waals surface area contributed by atoms with Crippen molar-refractivity contribution in [2.24, 2.45) is 5.92 Å². The minimum absolute atomic E-state index is 0.00326. The Morgan fingerprint density at radius 3 is 2.68 bits per heavy atom. The number of aliphatic hydroxyl groups is 1. The Bertz CT molecular complexity index is 470. The van der Waals surface area contributed by atoms with Crippen LogP contribution in [-0.2, 0) is 11.4 Å². The van der Waals surface area contributed by atoms with Crippen LogP contribution in [0.15, 0.2) is 24.3 Å². The molecule has 0 radical (unpaired) electrons. The second-order valence-electron chi connectivity index (χ2n) is 4.74. The van der Waals surface area contributed by atoms with E-state index in [1.807, 2.05) is 24.3 Å². The number of anilines is 1. The monoisotopic (exact) mass is 278 g/mol. The lowest BCUT2D eigenvalue weighted by molar-refractivity contribution is -0.123. The molecule has 4 nitrogen and oxygen atoms in total. The van der Waals surface area contributed by atoms with Gasteiger partial charge in [0.2, 0.25) is 5.91 Å². The van der Waals surface area contributed by atoms with Crippen molar-refractivity contribution in [2.45, 2.75) is 32.3 Å². The normalized spacial score (nSPS) is 15.2. The molecule has 5 heteroatoms. The molecule has 3 N–H and O–H groups in total. The summed E-state index contributed by atoms with van der Waals surface area (Å²) >= 11 is 5.13. The molecule has 1 aliphatic rings. The van der Waals surface area contributed by atoms with Gasteiger partial charge in [-0.15, -0.1) is 0 Å². The highest BCUT2D eigenvalue weighted by atomic mass is 32.1. The highest BCUT2D eigenvalue weighted by molar-refractivity contribution is 7.80. The van der Waals surface area contributed by atoms with Gasteiger partial charge in [-0.05, 0) is 31.1 Å². The number of hydrogen-bond acceptors (Lipinski definition) is 3. The predicted molar refractivity (Wildman–Crippen MR) is 78.7 cm³/mol. The zero-order chi connectivity index (χ0) is 13.7. The molecule has 0 unspecified atom stereocenters. The fourth-order valence-electron chi connectivity index (χ4n) is 2.34. The third-order valence-corrected chi connectivity index (χ3v) is 3.60. The van der Waals surface area contributed by atoms with Crippen LogP contribution in [0, 0.1) is 5.92 Å². The number of amides is 1. The number of benzene rings is 1. The summed E-state index contributed by atoms with van der Waals surface area (Å²) in [5, 5.41) is 15.2. The molecule has 2 rings (SSSR count). The van der Waals surface area contributed by atoms with Crippen molar-refractivity contribution in [3.8, 4) is 0 Å². The van der Waals surface area contributed by atoms with Crippen LogP contribution >= 0.6 is 12.2 Å². The van der Waals surface area contributed by atoms with Crippen molar-refractivity contribution in [2.75, 3.05) is 5.32 Å². The second-order valence-corrected chi connectivity index (χ2v) is 5.15. The van der Waals surface area contributed by atoms with Crippen molar-refractivity contribution in [1.29, 1.82) is 0 Å². The minimum atomic E-state index is -0.0671. The number of rotatable bonds is 3. The Balaban J connectivity index is 1.91. The van der Waals surface area contributed by atoms with Gasteiger partial charge in [-0.25, -0.2) is 0 Å². The Morgan fingerprint density at radius 2 is 2.00 bits per heavy atom. The van der Waals surface area contributed by atoms with Gasteiger partial charge >= 0.3 is 0 Å². The maximum atomic E-state index is 11.9. The van der Waals surface area contributed by atoms with E-state index in [0.29, 0.717) is 0 Å². The number of carbonyl (C=O) groups excluding carboxylic acids is 1. The maximum absolute atomic E-state index is 11.9. The Morgan fingerprint density at radius 1 is 1.32 bits per heavy atom. The lowest BCUT2D eigenvalue weighted by Gasteiger charge is -2.14. The highest BCUT2D eigenvalue weighted by Crippen LogP contribution is 2.24. The summed E-state index contributed by atoms with van der Waals surface area (Å²) in [6.45, 7) is -0.0671. The molecular formula is C14H18N2O2S. The first-order chi connectivity index (χ1) is 9.20. The summed E-state index contributed by atoms with van der Waals surface area (Å²) in [6, 6.07) is 7.32. The molecule has 1 aliphatic carbocycles. The first-order valence-corrected chi connectivity index (χ1v) is 6.92. The molecule has 0 heterocycles. The average molecular weight is 278 g/mol. The number of para-hydroxylation sites is 1. The maximum Gasteiger partial charge on any atom is 0.229 e. The van der Waals surface area contributed by atoms with Crippen LogP contribution in [0.4, 0.5) is 5.69 Å². The molecule has 0 aromatic heterocycles. The van der Waals surface area contributed by atoms with Crippen LogP contribution in [0.1, 0.15) is 31.2 Å². The third kappa shape index (κ3) is 3.75. The van der Waals surface area contributed by atoms with E-state index in [1.54, 1.807) is 0 Å². The van der Waals surface area contributed by atoms with E-state index in [1.165, 1.54) is 0 Å². The first-order valence-electron chi connectivity index (χ1n) is 6.51. The Labute approximate surface area is 118 Å². The van der Waals surface area contributed by atoms with E-state index in [9.17, 15) is 9.90 Å². The molecule has 1 aromatic carbocycles. The topological polar surface area (TPSA) is 61.4 Å². The molecule has 19 heavy (non-hydrogen) atoms. The standard InChI is InChI=1S/C14H18N2O2S/c17-9-11-7-3-4-8-12(11)15-14(19)16-13(18)10-5-1-2-6-10/h3-4,7-8,10,17H,1-2,5-6,9H2,(H2,15,16,18,19). The van der Waals surface area contributed by atoms with E-state index in [2.05, 4.69) is 10.6 Å². The highest BCUT2D eigenvalue weighted by Gasteiger charge is 2.23. The average Bonchev–Trinajstić information content (AvgIpc) is 2.93.